The van der Waals surface area contributed by atoms with Crippen molar-refractivity contribution in [3.63, 3.8) is 0 Å². The molecule has 1 unspecified atom stereocenters. The molecular formula is C24H25N5S. The monoisotopic (exact) mass is 415 g/mol. The van der Waals surface area contributed by atoms with Crippen LogP contribution in [0, 0.1) is 0 Å². The van der Waals surface area contributed by atoms with Crippen LogP contribution in [0.25, 0.3) is 32.7 Å². The number of anilines is 1. The minimum absolute atomic E-state index is 0.532. The zero-order valence-electron chi connectivity index (χ0n) is 17.3. The summed E-state index contributed by atoms with van der Waals surface area (Å²) in [6.45, 7) is 2.00. The number of hydrogen-bond acceptors (Lipinski definition) is 6. The second-order valence-electron chi connectivity index (χ2n) is 8.01. The molecule has 6 heteroatoms. The van der Waals surface area contributed by atoms with Crippen LogP contribution in [0.1, 0.15) is 12.8 Å². The highest BCUT2D eigenvalue weighted by Crippen LogP contribution is 2.40. The summed E-state index contributed by atoms with van der Waals surface area (Å²) in [5.74, 6) is 1.80. The maximum Gasteiger partial charge on any atom is 0.164 e. The lowest BCUT2D eigenvalue weighted by atomic mass is 10.0. The smallest absolute Gasteiger partial charge is 0.164 e. The van der Waals surface area contributed by atoms with Gasteiger partial charge >= 0.3 is 0 Å². The van der Waals surface area contributed by atoms with Crippen LogP contribution >= 0.6 is 11.3 Å². The van der Waals surface area contributed by atoms with E-state index in [0.717, 1.165) is 35.1 Å². The maximum absolute atomic E-state index is 5.11. The number of nitrogens with zero attached hydrogens (tertiary/aromatic N) is 5. The van der Waals surface area contributed by atoms with E-state index >= 15 is 0 Å². The summed E-state index contributed by atoms with van der Waals surface area (Å²) in [6.07, 6.45) is 6.02. The van der Waals surface area contributed by atoms with E-state index in [-0.39, 0.29) is 0 Å². The van der Waals surface area contributed by atoms with Gasteiger partial charge in [0.15, 0.2) is 5.82 Å². The Morgan fingerprint density at radius 1 is 1.03 bits per heavy atom. The molecule has 1 aliphatic rings. The van der Waals surface area contributed by atoms with E-state index in [1.807, 2.05) is 18.3 Å². The molecule has 5 rings (SSSR count). The number of piperidine rings is 1. The highest BCUT2D eigenvalue weighted by atomic mass is 32.1. The number of hydrogen-bond donors (Lipinski definition) is 0. The molecule has 1 aliphatic heterocycles. The summed E-state index contributed by atoms with van der Waals surface area (Å²) in [6, 6.07) is 15.1. The van der Waals surface area contributed by atoms with Gasteiger partial charge < -0.3 is 9.80 Å². The lowest BCUT2D eigenvalue weighted by molar-refractivity contribution is 0.257. The number of benzene rings is 1. The molecule has 30 heavy (non-hydrogen) atoms. The fraction of sp³-hybridized carbons (Fsp3) is 0.292. The number of likely N-dealkylation sites (N-methyl/N-ethyl adjacent to an activating group) is 1. The van der Waals surface area contributed by atoms with Crippen molar-refractivity contribution < 1.29 is 0 Å². The van der Waals surface area contributed by atoms with Crippen molar-refractivity contribution in [3.8, 4) is 22.5 Å². The molecule has 3 aromatic heterocycles. The fourth-order valence-electron chi connectivity index (χ4n) is 4.18. The summed E-state index contributed by atoms with van der Waals surface area (Å²) in [5, 5.41) is 3.39. The van der Waals surface area contributed by atoms with Gasteiger partial charge in [-0.2, -0.15) is 0 Å². The maximum atomic E-state index is 5.11. The number of aromatic nitrogens is 3. The third-order valence-electron chi connectivity index (χ3n) is 5.85. The quantitative estimate of drug-likeness (QED) is 0.472. The van der Waals surface area contributed by atoms with Gasteiger partial charge in [0.1, 0.15) is 10.6 Å². The summed E-state index contributed by atoms with van der Waals surface area (Å²) in [5.41, 5.74) is 3.38. The average molecular weight is 416 g/mol. The second kappa shape index (κ2) is 8.13. The minimum Gasteiger partial charge on any atom is -0.354 e. The molecule has 0 aliphatic carbocycles. The Hall–Kier alpha value is -2.83. The molecule has 0 amide bonds. The standard InChI is InChI=1S/C24H25N5S/c1-28(2)19-11-7-13-29(15-19)23-21-20(17-8-4-3-5-9-17)16-30-24(21)27-22(26-23)18-10-6-12-25-14-18/h3-6,8-10,12,14,16,19H,7,11,13,15H2,1-2H3. The van der Waals surface area contributed by atoms with Crippen molar-refractivity contribution in [2.24, 2.45) is 0 Å². The molecular weight excluding hydrogens is 390 g/mol. The topological polar surface area (TPSA) is 45.2 Å². The van der Waals surface area contributed by atoms with Gasteiger partial charge in [0.25, 0.3) is 0 Å². The van der Waals surface area contributed by atoms with Crippen LogP contribution in [0.15, 0.2) is 60.2 Å². The molecule has 0 spiro atoms. The first-order chi connectivity index (χ1) is 14.7. The molecule has 1 saturated heterocycles. The number of fused-ring (bicyclic) bond motifs is 1. The van der Waals surface area contributed by atoms with Crippen molar-refractivity contribution in [2.75, 3.05) is 32.1 Å². The molecule has 152 valence electrons. The molecule has 5 nitrogen and oxygen atoms in total. The molecule has 1 aromatic carbocycles. The van der Waals surface area contributed by atoms with Gasteiger partial charge in [0.2, 0.25) is 0 Å². The third kappa shape index (κ3) is 3.57. The SMILES string of the molecule is CN(C)C1CCCN(c2nc(-c3cccnc3)nc3scc(-c4ccccc4)c23)C1. The predicted molar refractivity (Wildman–Crippen MR) is 125 cm³/mol. The zero-order chi connectivity index (χ0) is 20.5. The summed E-state index contributed by atoms with van der Waals surface area (Å²) in [7, 11) is 4.34. The number of pyridine rings is 1. The Bertz CT molecular complexity index is 1140. The normalized spacial score (nSPS) is 17.0. The summed E-state index contributed by atoms with van der Waals surface area (Å²) >= 11 is 1.69. The molecule has 0 saturated carbocycles. The number of rotatable bonds is 4. The van der Waals surface area contributed by atoms with E-state index in [0.29, 0.717) is 6.04 Å². The summed E-state index contributed by atoms with van der Waals surface area (Å²) in [4.78, 5) is 20.1. The van der Waals surface area contributed by atoms with Crippen molar-refractivity contribution in [3.05, 3.63) is 60.2 Å². The van der Waals surface area contributed by atoms with Crippen molar-refractivity contribution in [2.45, 2.75) is 18.9 Å². The van der Waals surface area contributed by atoms with E-state index in [4.69, 9.17) is 9.97 Å². The van der Waals surface area contributed by atoms with Crippen LogP contribution in [0.3, 0.4) is 0 Å². The van der Waals surface area contributed by atoms with Gasteiger partial charge in [-0.25, -0.2) is 9.97 Å². The van der Waals surface area contributed by atoms with E-state index in [2.05, 4.69) is 64.6 Å². The largest absolute Gasteiger partial charge is 0.354 e. The van der Waals surface area contributed by atoms with Crippen molar-refractivity contribution >= 4 is 27.4 Å². The van der Waals surface area contributed by atoms with Crippen LogP contribution in [-0.4, -0.2) is 53.1 Å². The van der Waals surface area contributed by atoms with Gasteiger partial charge in [-0.1, -0.05) is 30.3 Å². The first-order valence-electron chi connectivity index (χ1n) is 10.4. The molecule has 0 radical (unpaired) electrons. The Balaban J connectivity index is 1.69. The van der Waals surface area contributed by atoms with E-state index in [1.54, 1.807) is 17.5 Å². The third-order valence-corrected chi connectivity index (χ3v) is 6.72. The lowest BCUT2D eigenvalue weighted by Crippen LogP contribution is -2.45. The average Bonchev–Trinajstić information content (AvgIpc) is 3.24. The number of thiophene rings is 1. The van der Waals surface area contributed by atoms with Gasteiger partial charge in [-0.3, -0.25) is 4.98 Å². The Morgan fingerprint density at radius 3 is 2.63 bits per heavy atom. The highest BCUT2D eigenvalue weighted by molar-refractivity contribution is 7.17. The van der Waals surface area contributed by atoms with Crippen LogP contribution < -0.4 is 4.90 Å². The Kier molecular flexibility index (Phi) is 5.19. The molecule has 0 N–H and O–H groups in total. The molecule has 4 aromatic rings. The highest BCUT2D eigenvalue weighted by Gasteiger charge is 2.26. The van der Waals surface area contributed by atoms with Crippen LogP contribution in [0.4, 0.5) is 5.82 Å². The van der Waals surface area contributed by atoms with Crippen LogP contribution in [-0.2, 0) is 0 Å². The predicted octanol–water partition coefficient (Wildman–Crippen LogP) is 4.95. The van der Waals surface area contributed by atoms with Crippen molar-refractivity contribution in [1.29, 1.82) is 0 Å². The Labute approximate surface area is 181 Å². The first-order valence-corrected chi connectivity index (χ1v) is 11.2. The lowest BCUT2D eigenvalue weighted by Gasteiger charge is -2.37. The molecule has 1 atom stereocenters. The Morgan fingerprint density at radius 2 is 1.87 bits per heavy atom. The van der Waals surface area contributed by atoms with Gasteiger partial charge in [0.05, 0.1) is 5.39 Å². The van der Waals surface area contributed by atoms with E-state index in [9.17, 15) is 0 Å². The molecule has 4 heterocycles. The van der Waals surface area contributed by atoms with E-state index in [1.165, 1.54) is 29.4 Å². The van der Waals surface area contributed by atoms with Gasteiger partial charge in [-0.15, -0.1) is 11.3 Å². The second-order valence-corrected chi connectivity index (χ2v) is 8.87. The van der Waals surface area contributed by atoms with E-state index < -0.39 is 0 Å². The summed E-state index contributed by atoms with van der Waals surface area (Å²) < 4.78 is 0. The zero-order valence-corrected chi connectivity index (χ0v) is 18.1. The van der Waals surface area contributed by atoms with Gasteiger partial charge in [0, 0.05) is 48.0 Å². The molecule has 1 fully saturated rings. The van der Waals surface area contributed by atoms with Crippen LogP contribution in [0.2, 0.25) is 0 Å². The first kappa shape index (κ1) is 19.2. The van der Waals surface area contributed by atoms with Gasteiger partial charge in [-0.05, 0) is 44.6 Å². The minimum atomic E-state index is 0.532. The van der Waals surface area contributed by atoms with Crippen molar-refractivity contribution in [1.82, 2.24) is 19.9 Å². The fourth-order valence-corrected chi connectivity index (χ4v) is 5.12. The molecule has 0 bridgehead atoms. The van der Waals surface area contributed by atoms with Crippen LogP contribution in [0.5, 0.6) is 0 Å².